The van der Waals surface area contributed by atoms with Gasteiger partial charge in [-0.05, 0) is 43.0 Å². The number of carbonyl (C=O) groups excluding carboxylic acids is 2. The maximum atomic E-state index is 12.7. The molecule has 0 saturated heterocycles. The van der Waals surface area contributed by atoms with Crippen LogP contribution in [0.4, 0.5) is 11.4 Å². The van der Waals surface area contributed by atoms with Gasteiger partial charge < -0.3 is 15.4 Å². The Bertz CT molecular complexity index is 734. The van der Waals surface area contributed by atoms with Crippen molar-refractivity contribution >= 4 is 23.2 Å². The van der Waals surface area contributed by atoms with E-state index in [1.165, 1.54) is 0 Å². The van der Waals surface area contributed by atoms with Gasteiger partial charge in [-0.1, -0.05) is 37.3 Å². The molecule has 0 spiro atoms. The predicted octanol–water partition coefficient (Wildman–Crippen LogP) is 3.62. The van der Waals surface area contributed by atoms with E-state index >= 15 is 0 Å². The van der Waals surface area contributed by atoms with Gasteiger partial charge in [-0.15, -0.1) is 0 Å². The first kappa shape index (κ1) is 17.0. The Morgan fingerprint density at radius 3 is 2.12 bits per heavy atom. The fourth-order valence-corrected chi connectivity index (χ4v) is 2.86. The first-order chi connectivity index (χ1) is 12.1. The van der Waals surface area contributed by atoms with Crippen LogP contribution in [0, 0.1) is 5.41 Å². The van der Waals surface area contributed by atoms with Crippen LogP contribution in [0.5, 0.6) is 5.75 Å². The van der Waals surface area contributed by atoms with Crippen molar-refractivity contribution in [1.29, 1.82) is 0 Å². The number of aryl methyl sites for hydroxylation is 1. The monoisotopic (exact) mass is 338 g/mol. The molecule has 130 valence electrons. The summed E-state index contributed by atoms with van der Waals surface area (Å²) in [5, 5.41) is 5.76. The van der Waals surface area contributed by atoms with Crippen molar-refractivity contribution in [2.75, 3.05) is 17.7 Å². The van der Waals surface area contributed by atoms with Gasteiger partial charge in [-0.3, -0.25) is 9.59 Å². The Labute approximate surface area is 147 Å². The van der Waals surface area contributed by atoms with Gasteiger partial charge >= 0.3 is 0 Å². The molecule has 0 unspecified atom stereocenters. The Kier molecular flexibility index (Phi) is 4.74. The van der Waals surface area contributed by atoms with Gasteiger partial charge in [0.25, 0.3) is 0 Å². The van der Waals surface area contributed by atoms with Crippen LogP contribution in [0.15, 0.2) is 48.5 Å². The molecule has 25 heavy (non-hydrogen) atoms. The number of rotatable bonds is 6. The molecular weight excluding hydrogens is 316 g/mol. The molecule has 1 aliphatic rings. The average molecular weight is 338 g/mol. The minimum absolute atomic E-state index is 0.249. The molecule has 0 radical (unpaired) electrons. The highest BCUT2D eigenvalue weighted by molar-refractivity contribution is 6.17. The van der Waals surface area contributed by atoms with Crippen molar-refractivity contribution in [3.8, 4) is 5.75 Å². The zero-order chi connectivity index (χ0) is 17.9. The van der Waals surface area contributed by atoms with Gasteiger partial charge in [-0.2, -0.15) is 0 Å². The Hall–Kier alpha value is -2.82. The molecule has 0 atom stereocenters. The topological polar surface area (TPSA) is 67.4 Å². The van der Waals surface area contributed by atoms with Gasteiger partial charge in [0.2, 0.25) is 11.8 Å². The van der Waals surface area contributed by atoms with Crippen LogP contribution in [-0.2, 0) is 16.0 Å². The van der Waals surface area contributed by atoms with Crippen LogP contribution >= 0.6 is 0 Å². The van der Waals surface area contributed by atoms with Gasteiger partial charge in [0.15, 0.2) is 0 Å². The van der Waals surface area contributed by atoms with Crippen molar-refractivity contribution in [1.82, 2.24) is 0 Å². The molecule has 5 heteroatoms. The summed E-state index contributed by atoms with van der Waals surface area (Å²) in [7, 11) is 1.55. The quantitative estimate of drug-likeness (QED) is 0.791. The lowest BCUT2D eigenvalue weighted by molar-refractivity contribution is -0.131. The number of hydrogen-bond donors (Lipinski definition) is 2. The molecule has 2 amide bonds. The summed E-state index contributed by atoms with van der Waals surface area (Å²) >= 11 is 0. The number of carbonyl (C=O) groups is 2. The number of nitrogens with one attached hydrogen (secondary N) is 2. The van der Waals surface area contributed by atoms with E-state index in [2.05, 4.69) is 10.6 Å². The zero-order valence-corrected chi connectivity index (χ0v) is 14.5. The van der Waals surface area contributed by atoms with Gasteiger partial charge in [0, 0.05) is 5.69 Å². The highest BCUT2D eigenvalue weighted by Gasteiger charge is 2.56. The van der Waals surface area contributed by atoms with Crippen LogP contribution < -0.4 is 15.4 Å². The van der Waals surface area contributed by atoms with Crippen LogP contribution in [0.1, 0.15) is 25.3 Å². The zero-order valence-electron chi connectivity index (χ0n) is 14.5. The maximum Gasteiger partial charge on any atom is 0.240 e. The van der Waals surface area contributed by atoms with Crippen molar-refractivity contribution in [2.45, 2.75) is 26.2 Å². The lowest BCUT2D eigenvalue weighted by atomic mass is 10.0. The van der Waals surface area contributed by atoms with E-state index in [0.29, 0.717) is 24.3 Å². The summed E-state index contributed by atoms with van der Waals surface area (Å²) < 4.78 is 5.25. The largest absolute Gasteiger partial charge is 0.495 e. The first-order valence-electron chi connectivity index (χ1n) is 8.44. The Balaban J connectivity index is 1.75. The molecule has 1 saturated carbocycles. The molecule has 0 bridgehead atoms. The van der Waals surface area contributed by atoms with E-state index in [4.69, 9.17) is 4.74 Å². The van der Waals surface area contributed by atoms with Crippen molar-refractivity contribution in [3.63, 3.8) is 0 Å². The second-order valence-electron chi connectivity index (χ2n) is 6.20. The lowest BCUT2D eigenvalue weighted by Crippen LogP contribution is -2.36. The summed E-state index contributed by atoms with van der Waals surface area (Å²) in [4.78, 5) is 25.5. The number of hydrogen-bond acceptors (Lipinski definition) is 3. The highest BCUT2D eigenvalue weighted by Crippen LogP contribution is 2.48. The molecule has 0 aromatic heterocycles. The molecule has 1 fully saturated rings. The Morgan fingerprint density at radius 1 is 0.960 bits per heavy atom. The maximum absolute atomic E-state index is 12.7. The van der Waals surface area contributed by atoms with E-state index in [1.807, 2.05) is 43.3 Å². The second-order valence-corrected chi connectivity index (χ2v) is 6.20. The molecule has 2 N–H and O–H groups in total. The van der Waals surface area contributed by atoms with E-state index in [-0.39, 0.29) is 11.8 Å². The number of methoxy groups -OCH3 is 1. The molecular formula is C20H22N2O3. The van der Waals surface area contributed by atoms with Crippen LogP contribution in [0.2, 0.25) is 0 Å². The molecule has 5 nitrogen and oxygen atoms in total. The predicted molar refractivity (Wildman–Crippen MR) is 97.7 cm³/mol. The highest BCUT2D eigenvalue weighted by atomic mass is 16.5. The number of benzene rings is 2. The Morgan fingerprint density at radius 2 is 1.52 bits per heavy atom. The molecule has 0 heterocycles. The van der Waals surface area contributed by atoms with Gasteiger partial charge in [0.1, 0.15) is 11.2 Å². The van der Waals surface area contributed by atoms with Gasteiger partial charge in [0.05, 0.1) is 12.8 Å². The number of para-hydroxylation sites is 3. The number of ether oxygens (including phenoxy) is 1. The molecule has 2 aromatic rings. The third kappa shape index (κ3) is 3.36. The molecule has 0 aliphatic heterocycles. The molecule has 1 aliphatic carbocycles. The van der Waals surface area contributed by atoms with Crippen LogP contribution in [-0.4, -0.2) is 18.9 Å². The first-order valence-corrected chi connectivity index (χ1v) is 8.44. The van der Waals surface area contributed by atoms with E-state index < -0.39 is 5.41 Å². The van der Waals surface area contributed by atoms with Crippen molar-refractivity contribution < 1.29 is 14.3 Å². The third-order valence-corrected chi connectivity index (χ3v) is 4.62. The van der Waals surface area contributed by atoms with E-state index in [1.54, 1.807) is 19.2 Å². The number of amides is 2. The summed E-state index contributed by atoms with van der Waals surface area (Å²) in [6.45, 7) is 2.03. The minimum atomic E-state index is -0.998. The smallest absolute Gasteiger partial charge is 0.240 e. The van der Waals surface area contributed by atoms with Gasteiger partial charge in [-0.25, -0.2) is 0 Å². The third-order valence-electron chi connectivity index (χ3n) is 4.62. The molecule has 2 aromatic carbocycles. The molecule has 3 rings (SSSR count). The summed E-state index contributed by atoms with van der Waals surface area (Å²) in [6.07, 6.45) is 1.92. The number of anilines is 2. The average Bonchev–Trinajstić information content (AvgIpc) is 3.44. The van der Waals surface area contributed by atoms with Crippen LogP contribution in [0.3, 0.4) is 0 Å². The minimum Gasteiger partial charge on any atom is -0.495 e. The fraction of sp³-hybridized carbons (Fsp3) is 0.300. The van der Waals surface area contributed by atoms with Crippen molar-refractivity contribution in [2.24, 2.45) is 5.41 Å². The second kappa shape index (κ2) is 6.97. The summed E-state index contributed by atoms with van der Waals surface area (Å²) in [5.41, 5.74) is 1.40. The van der Waals surface area contributed by atoms with Crippen molar-refractivity contribution in [3.05, 3.63) is 54.1 Å². The normalized spacial score (nSPS) is 14.5. The lowest BCUT2D eigenvalue weighted by Gasteiger charge is -2.18. The summed E-state index contributed by atoms with van der Waals surface area (Å²) in [6, 6.07) is 14.8. The summed E-state index contributed by atoms with van der Waals surface area (Å²) in [5.74, 6) is 0.0349. The van der Waals surface area contributed by atoms with E-state index in [9.17, 15) is 9.59 Å². The fourth-order valence-electron chi connectivity index (χ4n) is 2.86. The standard InChI is InChI=1S/C20H22N2O3/c1-3-14-8-4-5-9-15(14)21-18(23)20(12-13-20)19(24)22-16-10-6-7-11-17(16)25-2/h4-11H,3,12-13H2,1-2H3,(H,21,23)(H,22,24). The van der Waals surface area contributed by atoms with E-state index in [0.717, 1.165) is 17.7 Å². The van der Waals surface area contributed by atoms with Crippen LogP contribution in [0.25, 0.3) is 0 Å². The SMILES string of the molecule is CCc1ccccc1NC(=O)C1(C(=O)Nc2ccccc2OC)CC1.